The van der Waals surface area contributed by atoms with E-state index in [9.17, 15) is 5.26 Å². The van der Waals surface area contributed by atoms with E-state index in [1.807, 2.05) is 32.9 Å². The monoisotopic (exact) mass is 260 g/mol. The van der Waals surface area contributed by atoms with E-state index in [1.165, 1.54) is 0 Å². The summed E-state index contributed by atoms with van der Waals surface area (Å²) in [5.74, 6) is 1.66. The summed E-state index contributed by atoms with van der Waals surface area (Å²) in [5, 5.41) is 12.4. The molecule has 102 valence electrons. The standard InChI is InChI=1S/C15H20N2O2/c1-4-17-13(9-16)12-8-14-11(6-10(3)19-14)7-15(12)18-5-2/h7-8,10,13,17H,4-6H2,1-3H3. The Morgan fingerprint density at radius 1 is 1.53 bits per heavy atom. The van der Waals surface area contributed by atoms with E-state index in [2.05, 4.69) is 11.4 Å². The minimum Gasteiger partial charge on any atom is -0.493 e. The van der Waals surface area contributed by atoms with Crippen LogP contribution in [-0.4, -0.2) is 19.3 Å². The molecule has 0 radical (unpaired) electrons. The maximum Gasteiger partial charge on any atom is 0.125 e. The lowest BCUT2D eigenvalue weighted by molar-refractivity contribution is 0.254. The Hall–Kier alpha value is -1.73. The fourth-order valence-corrected chi connectivity index (χ4v) is 2.39. The average Bonchev–Trinajstić information content (AvgIpc) is 2.75. The van der Waals surface area contributed by atoms with E-state index in [1.54, 1.807) is 0 Å². The predicted octanol–water partition coefficient (Wildman–Crippen LogP) is 2.58. The molecule has 0 spiro atoms. The van der Waals surface area contributed by atoms with Gasteiger partial charge < -0.3 is 9.47 Å². The molecule has 1 N–H and O–H groups in total. The molecular formula is C15H20N2O2. The first kappa shape index (κ1) is 13.7. The van der Waals surface area contributed by atoms with E-state index in [-0.39, 0.29) is 12.1 Å². The van der Waals surface area contributed by atoms with Gasteiger partial charge in [-0.25, -0.2) is 0 Å². The molecule has 0 saturated carbocycles. The number of rotatable bonds is 5. The van der Waals surface area contributed by atoms with Gasteiger partial charge in [-0.1, -0.05) is 6.92 Å². The summed E-state index contributed by atoms with van der Waals surface area (Å²) in [6.45, 7) is 7.30. The molecule has 2 unspecified atom stereocenters. The molecule has 0 fully saturated rings. The fraction of sp³-hybridized carbons (Fsp3) is 0.533. The van der Waals surface area contributed by atoms with Crippen LogP contribution in [-0.2, 0) is 6.42 Å². The van der Waals surface area contributed by atoms with Crippen LogP contribution in [0.3, 0.4) is 0 Å². The lowest BCUT2D eigenvalue weighted by Crippen LogP contribution is -2.20. The number of hydrogen-bond donors (Lipinski definition) is 1. The maximum atomic E-state index is 9.29. The van der Waals surface area contributed by atoms with Crippen molar-refractivity contribution in [3.05, 3.63) is 23.3 Å². The van der Waals surface area contributed by atoms with Crippen LogP contribution in [0, 0.1) is 11.3 Å². The van der Waals surface area contributed by atoms with Crippen LogP contribution in [0.4, 0.5) is 0 Å². The number of benzene rings is 1. The number of nitrogens with one attached hydrogen (secondary N) is 1. The van der Waals surface area contributed by atoms with E-state index >= 15 is 0 Å². The van der Waals surface area contributed by atoms with Gasteiger partial charge in [-0.15, -0.1) is 0 Å². The van der Waals surface area contributed by atoms with Crippen molar-refractivity contribution in [2.75, 3.05) is 13.2 Å². The highest BCUT2D eigenvalue weighted by molar-refractivity contribution is 5.51. The second kappa shape index (κ2) is 5.94. The highest BCUT2D eigenvalue weighted by Crippen LogP contribution is 2.37. The second-order valence-electron chi connectivity index (χ2n) is 4.68. The Labute approximate surface area is 114 Å². The quantitative estimate of drug-likeness (QED) is 0.884. The van der Waals surface area contributed by atoms with Crippen molar-refractivity contribution in [3.8, 4) is 17.6 Å². The van der Waals surface area contributed by atoms with Gasteiger partial charge in [-0.3, -0.25) is 5.32 Å². The number of fused-ring (bicyclic) bond motifs is 1. The topological polar surface area (TPSA) is 54.3 Å². The van der Waals surface area contributed by atoms with Gasteiger partial charge in [0.2, 0.25) is 0 Å². The van der Waals surface area contributed by atoms with Crippen molar-refractivity contribution in [2.24, 2.45) is 0 Å². The largest absolute Gasteiger partial charge is 0.493 e. The molecule has 0 bridgehead atoms. The summed E-state index contributed by atoms with van der Waals surface area (Å²) in [6.07, 6.45) is 1.09. The molecule has 19 heavy (non-hydrogen) atoms. The van der Waals surface area contributed by atoms with Crippen LogP contribution in [0.1, 0.15) is 37.9 Å². The third kappa shape index (κ3) is 2.82. The summed E-state index contributed by atoms with van der Waals surface area (Å²) in [5.41, 5.74) is 2.02. The van der Waals surface area contributed by atoms with Crippen molar-refractivity contribution in [3.63, 3.8) is 0 Å². The second-order valence-corrected chi connectivity index (χ2v) is 4.68. The molecule has 0 aliphatic carbocycles. The lowest BCUT2D eigenvalue weighted by atomic mass is 10.0. The maximum absolute atomic E-state index is 9.29. The summed E-state index contributed by atoms with van der Waals surface area (Å²) >= 11 is 0. The van der Waals surface area contributed by atoms with Gasteiger partial charge in [0.25, 0.3) is 0 Å². The summed E-state index contributed by atoms with van der Waals surface area (Å²) in [6, 6.07) is 5.87. The normalized spacial score (nSPS) is 18.3. The van der Waals surface area contributed by atoms with Crippen molar-refractivity contribution in [2.45, 2.75) is 39.3 Å². The van der Waals surface area contributed by atoms with Gasteiger partial charge in [-0.2, -0.15) is 5.26 Å². The van der Waals surface area contributed by atoms with Crippen molar-refractivity contribution < 1.29 is 9.47 Å². The van der Waals surface area contributed by atoms with Gasteiger partial charge in [0.15, 0.2) is 0 Å². The first-order chi connectivity index (χ1) is 9.19. The highest BCUT2D eigenvalue weighted by Gasteiger charge is 2.24. The van der Waals surface area contributed by atoms with Gasteiger partial charge in [0.1, 0.15) is 23.6 Å². The Morgan fingerprint density at radius 2 is 2.32 bits per heavy atom. The van der Waals surface area contributed by atoms with Gasteiger partial charge in [-0.05, 0) is 32.5 Å². The molecule has 1 aromatic rings. The van der Waals surface area contributed by atoms with Crippen LogP contribution >= 0.6 is 0 Å². The Balaban J connectivity index is 2.41. The minimum absolute atomic E-state index is 0.194. The molecule has 2 rings (SSSR count). The molecule has 1 aliphatic heterocycles. The summed E-state index contributed by atoms with van der Waals surface area (Å²) < 4.78 is 11.4. The van der Waals surface area contributed by atoms with Crippen molar-refractivity contribution in [1.29, 1.82) is 5.26 Å². The predicted molar refractivity (Wildman–Crippen MR) is 73.4 cm³/mol. The molecule has 1 aromatic carbocycles. The number of nitriles is 1. The SMILES string of the molecule is CCNC(C#N)c1cc2c(cc1OCC)CC(C)O2. The molecule has 4 nitrogen and oxygen atoms in total. The number of nitrogens with zero attached hydrogens (tertiary/aromatic N) is 1. The van der Waals surface area contributed by atoms with Crippen molar-refractivity contribution in [1.82, 2.24) is 5.32 Å². The zero-order chi connectivity index (χ0) is 13.8. The van der Waals surface area contributed by atoms with Crippen molar-refractivity contribution >= 4 is 0 Å². The third-order valence-corrected chi connectivity index (χ3v) is 3.18. The smallest absolute Gasteiger partial charge is 0.125 e. The average molecular weight is 260 g/mol. The third-order valence-electron chi connectivity index (χ3n) is 3.18. The Morgan fingerprint density at radius 3 is 2.95 bits per heavy atom. The highest BCUT2D eigenvalue weighted by atomic mass is 16.5. The van der Waals surface area contributed by atoms with Crippen LogP contribution in [0.2, 0.25) is 0 Å². The Kier molecular flexibility index (Phi) is 4.28. The zero-order valence-electron chi connectivity index (χ0n) is 11.7. The number of ether oxygens (including phenoxy) is 2. The molecule has 0 aromatic heterocycles. The molecule has 1 aliphatic rings. The molecule has 2 atom stereocenters. The lowest BCUT2D eigenvalue weighted by Gasteiger charge is -2.16. The fourth-order valence-electron chi connectivity index (χ4n) is 2.39. The molecular weight excluding hydrogens is 240 g/mol. The van der Waals surface area contributed by atoms with Gasteiger partial charge >= 0.3 is 0 Å². The summed E-state index contributed by atoms with van der Waals surface area (Å²) in [4.78, 5) is 0. The van der Waals surface area contributed by atoms with Crippen LogP contribution in [0.25, 0.3) is 0 Å². The van der Waals surface area contributed by atoms with E-state index in [4.69, 9.17) is 9.47 Å². The van der Waals surface area contributed by atoms with Gasteiger partial charge in [0.05, 0.1) is 12.7 Å². The molecule has 0 amide bonds. The number of hydrogen-bond acceptors (Lipinski definition) is 4. The molecule has 0 saturated heterocycles. The van der Waals surface area contributed by atoms with E-state index in [0.717, 1.165) is 35.6 Å². The first-order valence-electron chi connectivity index (χ1n) is 6.78. The zero-order valence-corrected chi connectivity index (χ0v) is 11.7. The minimum atomic E-state index is -0.364. The summed E-state index contributed by atoms with van der Waals surface area (Å²) in [7, 11) is 0. The van der Waals surface area contributed by atoms with Crippen LogP contribution in [0.15, 0.2) is 12.1 Å². The first-order valence-corrected chi connectivity index (χ1v) is 6.78. The van der Waals surface area contributed by atoms with E-state index in [0.29, 0.717) is 6.61 Å². The van der Waals surface area contributed by atoms with Crippen LogP contribution in [0.5, 0.6) is 11.5 Å². The molecule has 1 heterocycles. The van der Waals surface area contributed by atoms with Gasteiger partial charge in [0, 0.05) is 17.5 Å². The van der Waals surface area contributed by atoms with Crippen LogP contribution < -0.4 is 14.8 Å². The van der Waals surface area contributed by atoms with E-state index < -0.39 is 0 Å². The Bertz CT molecular complexity index is 494. The molecule has 4 heteroatoms.